The number of hydroxylamine groups is 1. The quantitative estimate of drug-likeness (QED) is 0.626. The standard InChI is InChI=1S/C14H19ClN4O3/c1-9(19-22-13(21)16-4)14(2,3)18-12(20)17-11-7-5-10(15)6-8-11/h5-8,19H,1H2,2-4H3,(H,16,21)(H2,17,18,20). The highest BCUT2D eigenvalue weighted by Crippen LogP contribution is 2.15. The molecule has 0 bridgehead atoms. The smallest absolute Gasteiger partial charge is 0.327 e. The van der Waals surface area contributed by atoms with Gasteiger partial charge in [0.05, 0.1) is 11.2 Å². The number of hydrogen-bond acceptors (Lipinski definition) is 4. The number of benzene rings is 1. The molecule has 0 unspecified atom stereocenters. The molecule has 0 aromatic heterocycles. The molecule has 3 amide bonds. The Kier molecular flexibility index (Phi) is 6.06. The fourth-order valence-corrected chi connectivity index (χ4v) is 1.47. The maximum atomic E-state index is 12.0. The Balaban J connectivity index is 2.55. The molecular weight excluding hydrogens is 308 g/mol. The van der Waals surface area contributed by atoms with Crippen LogP contribution in [0, 0.1) is 0 Å². The lowest BCUT2D eigenvalue weighted by Gasteiger charge is -2.28. The molecule has 0 saturated carbocycles. The number of rotatable bonds is 5. The topological polar surface area (TPSA) is 91.5 Å². The van der Waals surface area contributed by atoms with Gasteiger partial charge in [0.25, 0.3) is 0 Å². The van der Waals surface area contributed by atoms with Crippen LogP contribution in [0.15, 0.2) is 36.5 Å². The molecule has 1 rings (SSSR count). The van der Waals surface area contributed by atoms with Crippen molar-refractivity contribution >= 4 is 29.4 Å². The van der Waals surface area contributed by atoms with E-state index >= 15 is 0 Å². The summed E-state index contributed by atoms with van der Waals surface area (Å²) in [6, 6.07) is 6.25. The third-order valence-electron chi connectivity index (χ3n) is 2.75. The van der Waals surface area contributed by atoms with E-state index in [1.807, 2.05) is 0 Å². The molecule has 1 aromatic carbocycles. The second-order valence-electron chi connectivity index (χ2n) is 4.93. The summed E-state index contributed by atoms with van der Waals surface area (Å²) >= 11 is 5.77. The third kappa shape index (κ3) is 5.53. The van der Waals surface area contributed by atoms with Crippen molar-refractivity contribution in [3.8, 4) is 0 Å². The zero-order valence-corrected chi connectivity index (χ0v) is 13.4. The summed E-state index contributed by atoms with van der Waals surface area (Å²) in [6.07, 6.45) is -0.664. The van der Waals surface area contributed by atoms with Gasteiger partial charge in [-0.05, 0) is 38.1 Å². The van der Waals surface area contributed by atoms with Crippen LogP contribution >= 0.6 is 11.6 Å². The number of carbonyl (C=O) groups is 2. The van der Waals surface area contributed by atoms with Crippen LogP contribution in [-0.2, 0) is 4.84 Å². The Morgan fingerprint density at radius 3 is 2.36 bits per heavy atom. The molecule has 0 heterocycles. The van der Waals surface area contributed by atoms with E-state index in [0.29, 0.717) is 16.4 Å². The van der Waals surface area contributed by atoms with Crippen molar-refractivity contribution in [1.82, 2.24) is 16.1 Å². The number of carbonyl (C=O) groups excluding carboxylic acids is 2. The van der Waals surface area contributed by atoms with E-state index in [0.717, 1.165) is 0 Å². The summed E-state index contributed by atoms with van der Waals surface area (Å²) in [5.74, 6) is 0. The maximum Gasteiger partial charge on any atom is 0.431 e. The zero-order chi connectivity index (χ0) is 16.8. The van der Waals surface area contributed by atoms with Crippen LogP contribution in [0.5, 0.6) is 0 Å². The summed E-state index contributed by atoms with van der Waals surface area (Å²) in [6.45, 7) is 7.14. The molecule has 0 spiro atoms. The van der Waals surface area contributed by atoms with E-state index in [9.17, 15) is 9.59 Å². The number of nitrogens with one attached hydrogen (secondary N) is 4. The fourth-order valence-electron chi connectivity index (χ4n) is 1.34. The fraction of sp³-hybridized carbons (Fsp3) is 0.286. The molecule has 7 nitrogen and oxygen atoms in total. The van der Waals surface area contributed by atoms with Crippen LogP contribution in [0.2, 0.25) is 5.02 Å². The van der Waals surface area contributed by atoms with Crippen molar-refractivity contribution in [3.63, 3.8) is 0 Å². The highest BCUT2D eigenvalue weighted by atomic mass is 35.5. The maximum absolute atomic E-state index is 12.0. The zero-order valence-electron chi connectivity index (χ0n) is 12.6. The molecule has 0 aliphatic rings. The number of anilines is 1. The van der Waals surface area contributed by atoms with Gasteiger partial charge in [-0.15, -0.1) is 0 Å². The average molecular weight is 327 g/mol. The SMILES string of the molecule is C=C(NOC(=O)NC)C(C)(C)NC(=O)Nc1ccc(Cl)cc1. The van der Waals surface area contributed by atoms with Crippen LogP contribution in [0.3, 0.4) is 0 Å². The monoisotopic (exact) mass is 326 g/mol. The van der Waals surface area contributed by atoms with Gasteiger partial charge in [0, 0.05) is 17.8 Å². The molecule has 22 heavy (non-hydrogen) atoms. The number of hydrogen-bond donors (Lipinski definition) is 4. The van der Waals surface area contributed by atoms with Gasteiger partial charge in [-0.25, -0.2) is 15.1 Å². The molecule has 0 aliphatic carbocycles. The molecule has 1 aromatic rings. The van der Waals surface area contributed by atoms with Gasteiger partial charge in [0.15, 0.2) is 0 Å². The second-order valence-corrected chi connectivity index (χ2v) is 5.37. The molecular formula is C14H19ClN4O3. The van der Waals surface area contributed by atoms with E-state index in [4.69, 9.17) is 11.6 Å². The minimum absolute atomic E-state index is 0.308. The largest absolute Gasteiger partial charge is 0.431 e. The Bertz CT molecular complexity index is 558. The van der Waals surface area contributed by atoms with Crippen molar-refractivity contribution < 1.29 is 14.4 Å². The Morgan fingerprint density at radius 1 is 1.23 bits per heavy atom. The van der Waals surface area contributed by atoms with E-state index in [1.54, 1.807) is 38.1 Å². The van der Waals surface area contributed by atoms with Gasteiger partial charge in [-0.3, -0.25) is 0 Å². The van der Waals surface area contributed by atoms with Crippen LogP contribution < -0.4 is 21.4 Å². The van der Waals surface area contributed by atoms with Gasteiger partial charge in [0.1, 0.15) is 0 Å². The first-order valence-electron chi connectivity index (χ1n) is 6.43. The second kappa shape index (κ2) is 7.56. The summed E-state index contributed by atoms with van der Waals surface area (Å²) in [4.78, 5) is 27.6. The number of urea groups is 1. The normalized spacial score (nSPS) is 10.4. The molecule has 0 aliphatic heterocycles. The molecule has 0 radical (unpaired) electrons. The summed E-state index contributed by atoms with van der Waals surface area (Å²) in [5, 5.41) is 8.22. The van der Waals surface area contributed by atoms with E-state index in [2.05, 4.69) is 32.8 Å². The van der Waals surface area contributed by atoms with Gasteiger partial charge >= 0.3 is 12.1 Å². The minimum atomic E-state index is -0.857. The van der Waals surface area contributed by atoms with Gasteiger partial charge < -0.3 is 20.8 Å². The van der Waals surface area contributed by atoms with E-state index in [-0.39, 0.29) is 0 Å². The van der Waals surface area contributed by atoms with Crippen molar-refractivity contribution in [2.75, 3.05) is 12.4 Å². The summed E-state index contributed by atoms with van der Waals surface area (Å²) in [7, 11) is 1.43. The van der Waals surface area contributed by atoms with Crippen molar-refractivity contribution in [3.05, 3.63) is 41.6 Å². The molecule has 4 N–H and O–H groups in total. The summed E-state index contributed by atoms with van der Waals surface area (Å²) < 4.78 is 0. The first kappa shape index (κ1) is 17.6. The van der Waals surface area contributed by atoms with Gasteiger partial charge in [0.2, 0.25) is 0 Å². The Hall–Kier alpha value is -2.41. The average Bonchev–Trinajstić information content (AvgIpc) is 2.46. The lowest BCUT2D eigenvalue weighted by Crippen LogP contribution is -2.50. The highest BCUT2D eigenvalue weighted by Gasteiger charge is 2.25. The van der Waals surface area contributed by atoms with Crippen molar-refractivity contribution in [2.45, 2.75) is 19.4 Å². The van der Waals surface area contributed by atoms with Crippen LogP contribution in [0.25, 0.3) is 0 Å². The van der Waals surface area contributed by atoms with Gasteiger partial charge in [-0.2, -0.15) is 0 Å². The van der Waals surface area contributed by atoms with Gasteiger partial charge in [-0.1, -0.05) is 18.2 Å². The first-order chi connectivity index (χ1) is 10.2. The number of halogens is 1. The molecule has 8 heteroatoms. The van der Waals surface area contributed by atoms with Crippen LogP contribution in [0.1, 0.15) is 13.8 Å². The third-order valence-corrected chi connectivity index (χ3v) is 3.01. The summed E-state index contributed by atoms with van der Waals surface area (Å²) in [5.41, 5.74) is 2.43. The van der Waals surface area contributed by atoms with Crippen LogP contribution in [0.4, 0.5) is 15.3 Å². The molecule has 0 saturated heterocycles. The predicted molar refractivity (Wildman–Crippen MR) is 85.5 cm³/mol. The lowest BCUT2D eigenvalue weighted by atomic mass is 10.0. The Labute approximate surface area is 134 Å². The van der Waals surface area contributed by atoms with Crippen molar-refractivity contribution in [2.24, 2.45) is 0 Å². The predicted octanol–water partition coefficient (Wildman–Crippen LogP) is 2.61. The number of amides is 3. The molecule has 120 valence electrons. The van der Waals surface area contributed by atoms with E-state index in [1.165, 1.54) is 7.05 Å². The minimum Gasteiger partial charge on any atom is -0.327 e. The lowest BCUT2D eigenvalue weighted by molar-refractivity contribution is 0.100. The highest BCUT2D eigenvalue weighted by molar-refractivity contribution is 6.30. The Morgan fingerprint density at radius 2 is 1.82 bits per heavy atom. The van der Waals surface area contributed by atoms with Crippen LogP contribution in [-0.4, -0.2) is 24.7 Å². The van der Waals surface area contributed by atoms with Crippen molar-refractivity contribution in [1.29, 1.82) is 0 Å². The molecule has 0 fully saturated rings. The molecule has 0 atom stereocenters. The van der Waals surface area contributed by atoms with E-state index < -0.39 is 17.7 Å². The first-order valence-corrected chi connectivity index (χ1v) is 6.81.